The molecular weight excluding hydrogens is 381 g/mol. The maximum Gasteiger partial charge on any atom is 0.416 e. The molecule has 1 fully saturated rings. The number of alkyl halides is 3. The summed E-state index contributed by atoms with van der Waals surface area (Å²) in [7, 11) is 0. The van der Waals surface area contributed by atoms with Crippen molar-refractivity contribution in [3.05, 3.63) is 58.9 Å². The van der Waals surface area contributed by atoms with E-state index < -0.39 is 11.7 Å². The van der Waals surface area contributed by atoms with Crippen molar-refractivity contribution in [3.8, 4) is 5.88 Å². The van der Waals surface area contributed by atoms with Gasteiger partial charge in [-0.25, -0.2) is 4.98 Å². The van der Waals surface area contributed by atoms with Crippen LogP contribution in [0.5, 0.6) is 5.88 Å². The quantitative estimate of drug-likeness (QED) is 0.581. The summed E-state index contributed by atoms with van der Waals surface area (Å²) in [5.41, 5.74) is 3.15. The van der Waals surface area contributed by atoms with Crippen LogP contribution < -0.4 is 4.74 Å². The largest absolute Gasteiger partial charge is 0.473 e. The first-order chi connectivity index (χ1) is 13.8. The first-order valence-corrected chi connectivity index (χ1v) is 9.69. The standard InChI is InChI=1S/C22H23F3N2O2/c1-14-15(2)27(12-16-5-7-17(8-6-16)22(23,24)25)20-19(14)9-10-26-21(20)29-13-18-4-3-11-28-18/h5-10,18H,3-4,11-13H2,1-2H3. The van der Waals surface area contributed by atoms with Crippen LogP contribution in [-0.4, -0.2) is 28.9 Å². The lowest BCUT2D eigenvalue weighted by Gasteiger charge is -2.14. The zero-order valence-corrected chi connectivity index (χ0v) is 16.4. The summed E-state index contributed by atoms with van der Waals surface area (Å²) in [6, 6.07) is 7.23. The number of hydrogen-bond acceptors (Lipinski definition) is 3. The summed E-state index contributed by atoms with van der Waals surface area (Å²) in [6.45, 7) is 5.67. The zero-order chi connectivity index (χ0) is 20.6. The first-order valence-electron chi connectivity index (χ1n) is 9.69. The fraction of sp³-hybridized carbons (Fsp3) is 0.409. The van der Waals surface area contributed by atoms with E-state index in [1.54, 1.807) is 6.20 Å². The maximum absolute atomic E-state index is 12.8. The zero-order valence-electron chi connectivity index (χ0n) is 16.4. The van der Waals surface area contributed by atoms with E-state index in [2.05, 4.69) is 9.55 Å². The lowest BCUT2D eigenvalue weighted by atomic mass is 10.1. The molecule has 4 rings (SSSR count). The molecule has 1 aromatic carbocycles. The number of hydrogen-bond donors (Lipinski definition) is 0. The van der Waals surface area contributed by atoms with E-state index in [4.69, 9.17) is 9.47 Å². The number of nitrogens with zero attached hydrogens (tertiary/aromatic N) is 2. The number of benzene rings is 1. The molecule has 154 valence electrons. The summed E-state index contributed by atoms with van der Waals surface area (Å²) in [6.07, 6.45) is -0.525. The minimum atomic E-state index is -4.33. The Bertz CT molecular complexity index is 1000. The summed E-state index contributed by atoms with van der Waals surface area (Å²) in [5, 5.41) is 1.03. The van der Waals surface area contributed by atoms with Gasteiger partial charge in [0.15, 0.2) is 0 Å². The highest BCUT2D eigenvalue weighted by Gasteiger charge is 2.30. The van der Waals surface area contributed by atoms with Gasteiger partial charge in [-0.3, -0.25) is 0 Å². The molecule has 0 spiro atoms. The monoisotopic (exact) mass is 404 g/mol. The topological polar surface area (TPSA) is 36.3 Å². The van der Waals surface area contributed by atoms with Crippen molar-refractivity contribution in [1.82, 2.24) is 9.55 Å². The van der Waals surface area contributed by atoms with Crippen molar-refractivity contribution in [2.45, 2.75) is 45.5 Å². The minimum Gasteiger partial charge on any atom is -0.473 e. The molecule has 3 aromatic rings. The summed E-state index contributed by atoms with van der Waals surface area (Å²) in [4.78, 5) is 4.42. The van der Waals surface area contributed by atoms with Gasteiger partial charge in [-0.2, -0.15) is 13.2 Å². The summed E-state index contributed by atoms with van der Waals surface area (Å²) >= 11 is 0. The van der Waals surface area contributed by atoms with Crippen LogP contribution in [0.3, 0.4) is 0 Å². The molecule has 7 heteroatoms. The van der Waals surface area contributed by atoms with Crippen LogP contribution in [0.15, 0.2) is 36.5 Å². The molecule has 4 nitrogen and oxygen atoms in total. The van der Waals surface area contributed by atoms with E-state index in [0.29, 0.717) is 19.0 Å². The van der Waals surface area contributed by atoms with Crippen LogP contribution in [-0.2, 0) is 17.5 Å². The number of aryl methyl sites for hydroxylation is 1. The maximum atomic E-state index is 12.8. The molecule has 0 aliphatic carbocycles. The predicted molar refractivity (Wildman–Crippen MR) is 104 cm³/mol. The summed E-state index contributed by atoms with van der Waals surface area (Å²) in [5.74, 6) is 0.529. The molecule has 0 saturated carbocycles. The molecule has 1 aliphatic heterocycles. The highest BCUT2D eigenvalue weighted by Crippen LogP contribution is 2.33. The second-order valence-corrected chi connectivity index (χ2v) is 7.45. The van der Waals surface area contributed by atoms with Gasteiger partial charge < -0.3 is 14.0 Å². The third-order valence-electron chi connectivity index (χ3n) is 5.56. The van der Waals surface area contributed by atoms with E-state index in [1.165, 1.54) is 12.1 Å². The van der Waals surface area contributed by atoms with Gasteiger partial charge in [0, 0.05) is 30.4 Å². The van der Waals surface area contributed by atoms with Crippen molar-refractivity contribution in [3.63, 3.8) is 0 Å². The number of fused-ring (bicyclic) bond motifs is 1. The molecule has 0 radical (unpaired) electrons. The third-order valence-corrected chi connectivity index (χ3v) is 5.56. The smallest absolute Gasteiger partial charge is 0.416 e. The van der Waals surface area contributed by atoms with Crippen molar-refractivity contribution in [1.29, 1.82) is 0 Å². The van der Waals surface area contributed by atoms with E-state index >= 15 is 0 Å². The van der Waals surface area contributed by atoms with Gasteiger partial charge in [-0.15, -0.1) is 0 Å². The molecule has 3 heterocycles. The fourth-order valence-electron chi connectivity index (χ4n) is 3.80. The van der Waals surface area contributed by atoms with Gasteiger partial charge in [0.2, 0.25) is 5.88 Å². The van der Waals surface area contributed by atoms with Gasteiger partial charge in [0.05, 0.1) is 11.7 Å². The minimum absolute atomic E-state index is 0.0765. The molecule has 1 unspecified atom stereocenters. The summed E-state index contributed by atoms with van der Waals surface area (Å²) < 4.78 is 52.2. The Balaban J connectivity index is 1.66. The Morgan fingerprint density at radius 3 is 2.59 bits per heavy atom. The van der Waals surface area contributed by atoms with Gasteiger partial charge in [0.1, 0.15) is 12.1 Å². The van der Waals surface area contributed by atoms with E-state index in [-0.39, 0.29) is 6.10 Å². The molecule has 0 N–H and O–H groups in total. The molecule has 1 atom stereocenters. The number of aromatic nitrogens is 2. The van der Waals surface area contributed by atoms with Gasteiger partial charge in [0.25, 0.3) is 0 Å². The highest BCUT2D eigenvalue weighted by molar-refractivity contribution is 5.89. The number of halogens is 3. The lowest BCUT2D eigenvalue weighted by Crippen LogP contribution is -2.17. The molecule has 1 saturated heterocycles. The third kappa shape index (κ3) is 3.96. The van der Waals surface area contributed by atoms with Crippen LogP contribution in [0.1, 0.15) is 35.2 Å². The van der Waals surface area contributed by atoms with Crippen molar-refractivity contribution < 1.29 is 22.6 Å². The van der Waals surface area contributed by atoms with Crippen LogP contribution in [0.4, 0.5) is 13.2 Å². The average molecular weight is 404 g/mol. The van der Waals surface area contributed by atoms with E-state index in [9.17, 15) is 13.2 Å². The van der Waals surface area contributed by atoms with Crippen molar-refractivity contribution in [2.75, 3.05) is 13.2 Å². The number of pyridine rings is 1. The Hall–Kier alpha value is -2.54. The van der Waals surface area contributed by atoms with Crippen molar-refractivity contribution >= 4 is 10.9 Å². The normalized spacial score (nSPS) is 17.2. The Labute approximate surface area is 167 Å². The average Bonchev–Trinajstić information content (AvgIpc) is 3.30. The molecule has 0 bridgehead atoms. The van der Waals surface area contributed by atoms with Crippen LogP contribution in [0, 0.1) is 13.8 Å². The number of ether oxygens (including phenoxy) is 2. The molecule has 2 aromatic heterocycles. The van der Waals surface area contributed by atoms with Gasteiger partial charge >= 0.3 is 6.18 Å². The van der Waals surface area contributed by atoms with Crippen LogP contribution in [0.2, 0.25) is 0 Å². The lowest BCUT2D eigenvalue weighted by molar-refractivity contribution is -0.137. The SMILES string of the molecule is Cc1c(C)n(Cc2ccc(C(F)(F)F)cc2)c2c(OCC3CCCO3)nccc12. The first kappa shape index (κ1) is 19.8. The second-order valence-electron chi connectivity index (χ2n) is 7.45. The highest BCUT2D eigenvalue weighted by atomic mass is 19.4. The van der Waals surface area contributed by atoms with Crippen LogP contribution in [0.25, 0.3) is 10.9 Å². The molecule has 29 heavy (non-hydrogen) atoms. The number of rotatable bonds is 5. The Morgan fingerprint density at radius 1 is 1.17 bits per heavy atom. The Kier molecular flexibility index (Phi) is 5.25. The molecule has 1 aliphatic rings. The van der Waals surface area contributed by atoms with E-state index in [1.807, 2.05) is 19.9 Å². The van der Waals surface area contributed by atoms with Gasteiger partial charge in [-0.1, -0.05) is 12.1 Å². The predicted octanol–water partition coefficient (Wildman–Crippen LogP) is 5.28. The molecular formula is C22H23F3N2O2. The van der Waals surface area contributed by atoms with E-state index in [0.717, 1.165) is 59.3 Å². The Morgan fingerprint density at radius 2 is 1.93 bits per heavy atom. The fourth-order valence-corrected chi connectivity index (χ4v) is 3.80. The van der Waals surface area contributed by atoms with Gasteiger partial charge in [-0.05, 0) is 56.0 Å². The molecule has 0 amide bonds. The van der Waals surface area contributed by atoms with Crippen LogP contribution >= 0.6 is 0 Å². The van der Waals surface area contributed by atoms with Crippen molar-refractivity contribution in [2.24, 2.45) is 0 Å². The second kappa shape index (κ2) is 7.71.